The standard InChI is InChI=1S/C14H10.C12H6N2/c1-2-6-12-10-14-8-4-3-7-13(14)9-11(12)5-1;13-7-10-6-5-9-3-1-2-4-11(9)12(10)8-14/h1-10H;1-6H. The summed E-state index contributed by atoms with van der Waals surface area (Å²) in [6.07, 6.45) is 0. The van der Waals surface area contributed by atoms with Gasteiger partial charge in [0.2, 0.25) is 0 Å². The molecule has 5 aromatic rings. The first kappa shape index (κ1) is 17.3. The molecule has 0 amide bonds. The second-order valence-corrected chi connectivity index (χ2v) is 6.48. The summed E-state index contributed by atoms with van der Waals surface area (Å²) in [5.41, 5.74) is 0.900. The van der Waals surface area contributed by atoms with Crippen molar-refractivity contribution in [3.63, 3.8) is 0 Å². The molecular weight excluding hydrogens is 340 g/mol. The Morgan fingerprint density at radius 3 is 1.39 bits per heavy atom. The third-order valence-corrected chi connectivity index (χ3v) is 4.78. The van der Waals surface area contributed by atoms with E-state index < -0.39 is 0 Å². The zero-order valence-electron chi connectivity index (χ0n) is 15.1. The van der Waals surface area contributed by atoms with Crippen LogP contribution in [0.2, 0.25) is 0 Å². The Labute approximate surface area is 163 Å². The highest BCUT2D eigenvalue weighted by atomic mass is 14.3. The van der Waals surface area contributed by atoms with Crippen LogP contribution in [0.5, 0.6) is 0 Å². The number of hydrogen-bond acceptors (Lipinski definition) is 2. The summed E-state index contributed by atoms with van der Waals surface area (Å²) in [4.78, 5) is 0. The summed E-state index contributed by atoms with van der Waals surface area (Å²) in [5, 5.41) is 24.8. The number of rotatable bonds is 0. The molecule has 0 unspecified atom stereocenters. The smallest absolute Gasteiger partial charge is 0.101 e. The predicted octanol–water partition coefficient (Wildman–Crippen LogP) is 6.58. The molecule has 5 rings (SSSR count). The highest BCUT2D eigenvalue weighted by molar-refractivity contribution is 5.98. The van der Waals surface area contributed by atoms with Gasteiger partial charge in [0, 0.05) is 5.39 Å². The Morgan fingerprint density at radius 2 is 0.929 bits per heavy atom. The lowest BCUT2D eigenvalue weighted by atomic mass is 10.0. The normalized spacial score (nSPS) is 10.1. The van der Waals surface area contributed by atoms with Crippen LogP contribution in [0.4, 0.5) is 0 Å². The SMILES string of the molecule is N#Cc1ccc2ccccc2c1C#N.c1ccc2cc3ccccc3cc2c1. The molecule has 0 radical (unpaired) electrons. The van der Waals surface area contributed by atoms with Crippen molar-refractivity contribution in [1.82, 2.24) is 0 Å². The number of fused-ring (bicyclic) bond motifs is 3. The lowest BCUT2D eigenvalue weighted by Crippen LogP contribution is -1.85. The first-order valence-corrected chi connectivity index (χ1v) is 8.99. The molecule has 0 aliphatic carbocycles. The minimum absolute atomic E-state index is 0.436. The molecule has 0 saturated heterocycles. The maximum atomic E-state index is 8.95. The number of nitriles is 2. The number of nitrogens with zero attached hydrogens (tertiary/aromatic N) is 2. The molecule has 0 atom stereocenters. The van der Waals surface area contributed by atoms with Gasteiger partial charge in [-0.3, -0.25) is 0 Å². The molecular formula is C26H16N2. The Kier molecular flexibility index (Phi) is 4.70. The van der Waals surface area contributed by atoms with Gasteiger partial charge in [-0.1, -0.05) is 78.9 Å². The molecule has 0 fully saturated rings. The zero-order chi connectivity index (χ0) is 19.3. The molecule has 0 N–H and O–H groups in total. The van der Waals surface area contributed by atoms with E-state index in [0.29, 0.717) is 11.1 Å². The van der Waals surface area contributed by atoms with Crippen LogP contribution in [0, 0.1) is 22.7 Å². The van der Waals surface area contributed by atoms with Crippen molar-refractivity contribution >= 4 is 32.3 Å². The highest BCUT2D eigenvalue weighted by Gasteiger charge is 2.05. The van der Waals surface area contributed by atoms with Crippen LogP contribution in [-0.2, 0) is 0 Å². The average molecular weight is 356 g/mol. The van der Waals surface area contributed by atoms with Gasteiger partial charge >= 0.3 is 0 Å². The summed E-state index contributed by atoms with van der Waals surface area (Å²) in [7, 11) is 0. The third-order valence-electron chi connectivity index (χ3n) is 4.78. The maximum absolute atomic E-state index is 8.95. The summed E-state index contributed by atoms with van der Waals surface area (Å²) in [6, 6.07) is 36.6. The van der Waals surface area contributed by atoms with Crippen molar-refractivity contribution in [2.24, 2.45) is 0 Å². The first-order chi connectivity index (χ1) is 13.8. The second kappa shape index (κ2) is 7.62. The van der Waals surface area contributed by atoms with Gasteiger partial charge < -0.3 is 0 Å². The van der Waals surface area contributed by atoms with Crippen molar-refractivity contribution in [3.05, 3.63) is 108 Å². The van der Waals surface area contributed by atoms with Gasteiger partial charge in [-0.15, -0.1) is 0 Å². The van der Waals surface area contributed by atoms with Crippen LogP contribution in [0.15, 0.2) is 97.1 Å². The Morgan fingerprint density at radius 1 is 0.464 bits per heavy atom. The molecule has 5 aromatic carbocycles. The minimum atomic E-state index is 0.436. The largest absolute Gasteiger partial charge is 0.192 e. The quantitative estimate of drug-likeness (QED) is 0.294. The molecule has 0 saturated carbocycles. The van der Waals surface area contributed by atoms with Crippen molar-refractivity contribution in [2.75, 3.05) is 0 Å². The minimum Gasteiger partial charge on any atom is -0.192 e. The molecule has 2 nitrogen and oxygen atoms in total. The maximum Gasteiger partial charge on any atom is 0.101 e. The molecule has 2 heteroatoms. The van der Waals surface area contributed by atoms with Crippen LogP contribution in [0.25, 0.3) is 32.3 Å². The molecule has 0 bridgehead atoms. The molecule has 130 valence electrons. The van der Waals surface area contributed by atoms with Crippen LogP contribution < -0.4 is 0 Å². The fraction of sp³-hybridized carbons (Fsp3) is 0. The Bertz CT molecular complexity index is 1280. The van der Waals surface area contributed by atoms with Crippen molar-refractivity contribution in [2.45, 2.75) is 0 Å². The third kappa shape index (κ3) is 3.28. The van der Waals surface area contributed by atoms with Gasteiger partial charge in [0.15, 0.2) is 0 Å². The molecule has 0 spiro atoms. The zero-order valence-corrected chi connectivity index (χ0v) is 15.1. The topological polar surface area (TPSA) is 47.6 Å². The Balaban J connectivity index is 0.000000137. The van der Waals surface area contributed by atoms with E-state index in [1.807, 2.05) is 36.4 Å². The van der Waals surface area contributed by atoms with Gasteiger partial charge in [-0.05, 0) is 45.1 Å². The van der Waals surface area contributed by atoms with Gasteiger partial charge in [0.1, 0.15) is 12.1 Å². The van der Waals surface area contributed by atoms with Gasteiger partial charge in [-0.2, -0.15) is 10.5 Å². The number of hydrogen-bond donors (Lipinski definition) is 0. The second-order valence-electron chi connectivity index (χ2n) is 6.48. The summed E-state index contributed by atoms with van der Waals surface area (Å²) < 4.78 is 0. The fourth-order valence-electron chi connectivity index (χ4n) is 3.37. The monoisotopic (exact) mass is 356 g/mol. The van der Waals surface area contributed by atoms with Crippen LogP contribution in [0.1, 0.15) is 11.1 Å². The lowest BCUT2D eigenvalue weighted by Gasteiger charge is -2.00. The fourth-order valence-corrected chi connectivity index (χ4v) is 3.37. The molecule has 0 aromatic heterocycles. The van der Waals surface area contributed by atoms with E-state index >= 15 is 0 Å². The van der Waals surface area contributed by atoms with E-state index in [0.717, 1.165) is 10.8 Å². The van der Waals surface area contributed by atoms with Crippen molar-refractivity contribution in [3.8, 4) is 12.1 Å². The average Bonchev–Trinajstić information content (AvgIpc) is 2.77. The molecule has 0 aliphatic rings. The van der Waals surface area contributed by atoms with Gasteiger partial charge in [0.05, 0.1) is 11.1 Å². The molecule has 0 aliphatic heterocycles. The van der Waals surface area contributed by atoms with E-state index in [-0.39, 0.29) is 0 Å². The van der Waals surface area contributed by atoms with Crippen LogP contribution in [-0.4, -0.2) is 0 Å². The van der Waals surface area contributed by atoms with E-state index in [9.17, 15) is 0 Å². The summed E-state index contributed by atoms with van der Waals surface area (Å²) >= 11 is 0. The van der Waals surface area contributed by atoms with E-state index in [1.165, 1.54) is 21.5 Å². The highest BCUT2D eigenvalue weighted by Crippen LogP contribution is 2.22. The van der Waals surface area contributed by atoms with E-state index in [1.54, 1.807) is 6.07 Å². The summed E-state index contributed by atoms with van der Waals surface area (Å²) in [5.74, 6) is 0. The molecule has 28 heavy (non-hydrogen) atoms. The molecule has 0 heterocycles. The van der Waals surface area contributed by atoms with Crippen molar-refractivity contribution < 1.29 is 0 Å². The van der Waals surface area contributed by atoms with Gasteiger partial charge in [-0.25, -0.2) is 0 Å². The van der Waals surface area contributed by atoms with E-state index in [4.69, 9.17) is 10.5 Å². The van der Waals surface area contributed by atoms with Crippen molar-refractivity contribution in [1.29, 1.82) is 10.5 Å². The summed E-state index contributed by atoms with van der Waals surface area (Å²) in [6.45, 7) is 0. The van der Waals surface area contributed by atoms with Crippen LogP contribution >= 0.6 is 0 Å². The lowest BCUT2D eigenvalue weighted by molar-refractivity contribution is 1.45. The predicted molar refractivity (Wildman–Crippen MR) is 115 cm³/mol. The van der Waals surface area contributed by atoms with Crippen LogP contribution in [0.3, 0.4) is 0 Å². The Hall–Kier alpha value is -4.14. The van der Waals surface area contributed by atoms with Gasteiger partial charge in [0.25, 0.3) is 0 Å². The number of benzene rings is 5. The first-order valence-electron chi connectivity index (χ1n) is 8.99. The van der Waals surface area contributed by atoms with E-state index in [2.05, 4.69) is 66.7 Å².